The molecule has 1 atom stereocenters. The molecule has 0 fully saturated rings. The lowest BCUT2D eigenvalue weighted by Crippen LogP contribution is -2.29. The number of aliphatic carboxylic acids is 1. The molecular formula is C32H26O3S. The summed E-state index contributed by atoms with van der Waals surface area (Å²) in [5.74, 6) is -0.394. The summed E-state index contributed by atoms with van der Waals surface area (Å²) in [5.41, 5.74) is 7.43. The Kier molecular flexibility index (Phi) is 7.25. The molecule has 0 saturated heterocycles. The minimum atomic E-state index is -1.00. The molecule has 0 aliphatic heterocycles. The van der Waals surface area contributed by atoms with Crippen LogP contribution in [0.15, 0.2) is 120 Å². The van der Waals surface area contributed by atoms with Gasteiger partial charge in [0.2, 0.25) is 0 Å². The summed E-state index contributed by atoms with van der Waals surface area (Å²) in [6, 6.07) is 36.3. The van der Waals surface area contributed by atoms with Crippen molar-refractivity contribution in [2.24, 2.45) is 0 Å². The van der Waals surface area contributed by atoms with E-state index in [2.05, 4.69) is 41.8 Å². The number of hydrogen-bond acceptors (Lipinski definition) is 3. The summed E-state index contributed by atoms with van der Waals surface area (Å²) in [6.07, 6.45) is -0.0191. The Morgan fingerprint density at radius 1 is 0.750 bits per heavy atom. The Morgan fingerprint density at radius 3 is 2.00 bits per heavy atom. The molecule has 1 heterocycles. The second-order valence-corrected chi connectivity index (χ2v) is 9.42. The average Bonchev–Trinajstić information content (AvgIpc) is 3.45. The van der Waals surface area contributed by atoms with Crippen LogP contribution >= 0.6 is 11.3 Å². The largest absolute Gasteiger partial charge is 0.478 e. The second-order valence-electron chi connectivity index (χ2n) is 8.64. The molecule has 0 aliphatic rings. The fraction of sp³-hybridized carbons (Fsp3) is 0.0938. The maximum absolute atomic E-state index is 12.2. The van der Waals surface area contributed by atoms with Crippen LogP contribution in [-0.4, -0.2) is 17.2 Å². The fourth-order valence-electron chi connectivity index (χ4n) is 4.48. The molecular weight excluding hydrogens is 464 g/mol. The van der Waals surface area contributed by atoms with Crippen molar-refractivity contribution < 1.29 is 14.6 Å². The van der Waals surface area contributed by atoms with Crippen LogP contribution in [0.1, 0.15) is 16.7 Å². The number of carboxylic acids is 1. The molecule has 0 radical (unpaired) electrons. The standard InChI is InChI=1S/C32H26O3S/c33-32(34)30(21-24-12-6-2-7-13-24)35-29-17-16-27(25-14-8-3-9-15-25)28(20-23-10-4-1-5-11-23)31(29)26-18-19-36-22-26/h1-19,22,30H,20-21H2,(H,33,34). The molecule has 178 valence electrons. The molecule has 1 N–H and O–H groups in total. The van der Waals surface area contributed by atoms with Gasteiger partial charge in [0.25, 0.3) is 0 Å². The number of hydrogen-bond donors (Lipinski definition) is 1. The molecule has 1 aromatic heterocycles. The van der Waals surface area contributed by atoms with Crippen molar-refractivity contribution in [2.75, 3.05) is 0 Å². The number of rotatable bonds is 9. The van der Waals surface area contributed by atoms with E-state index in [4.69, 9.17) is 4.74 Å². The molecule has 5 rings (SSSR count). The molecule has 0 spiro atoms. The molecule has 4 aromatic carbocycles. The van der Waals surface area contributed by atoms with Crippen LogP contribution in [-0.2, 0) is 17.6 Å². The Hall–Kier alpha value is -4.15. The minimum Gasteiger partial charge on any atom is -0.478 e. The third-order valence-corrected chi connectivity index (χ3v) is 6.88. The van der Waals surface area contributed by atoms with E-state index >= 15 is 0 Å². The first-order valence-electron chi connectivity index (χ1n) is 11.9. The third-order valence-electron chi connectivity index (χ3n) is 6.20. The van der Waals surface area contributed by atoms with Gasteiger partial charge in [0.15, 0.2) is 6.10 Å². The van der Waals surface area contributed by atoms with Crippen LogP contribution < -0.4 is 4.74 Å². The zero-order valence-corrected chi connectivity index (χ0v) is 20.5. The Morgan fingerprint density at radius 2 is 1.39 bits per heavy atom. The van der Waals surface area contributed by atoms with Gasteiger partial charge in [0.1, 0.15) is 5.75 Å². The van der Waals surface area contributed by atoms with Crippen molar-refractivity contribution in [1.29, 1.82) is 0 Å². The maximum Gasteiger partial charge on any atom is 0.345 e. The summed E-state index contributed by atoms with van der Waals surface area (Å²) in [4.78, 5) is 12.2. The first-order valence-corrected chi connectivity index (χ1v) is 12.8. The van der Waals surface area contributed by atoms with Crippen LogP contribution in [0.2, 0.25) is 0 Å². The molecule has 0 aliphatic carbocycles. The van der Waals surface area contributed by atoms with Crippen molar-refractivity contribution in [3.05, 3.63) is 137 Å². The van der Waals surface area contributed by atoms with Crippen LogP contribution in [0.5, 0.6) is 5.75 Å². The van der Waals surface area contributed by atoms with Gasteiger partial charge in [-0.1, -0.05) is 97.1 Å². The molecule has 0 bridgehead atoms. The van der Waals surface area contributed by atoms with E-state index in [1.165, 1.54) is 5.56 Å². The van der Waals surface area contributed by atoms with Crippen molar-refractivity contribution in [2.45, 2.75) is 18.9 Å². The van der Waals surface area contributed by atoms with Crippen molar-refractivity contribution in [3.8, 4) is 28.0 Å². The lowest BCUT2D eigenvalue weighted by Gasteiger charge is -2.22. The monoisotopic (exact) mass is 490 g/mol. The Bertz CT molecular complexity index is 1410. The second kappa shape index (κ2) is 11.1. The summed E-state index contributed by atoms with van der Waals surface area (Å²) in [6.45, 7) is 0. The quantitative estimate of drug-likeness (QED) is 0.230. The smallest absolute Gasteiger partial charge is 0.345 e. The van der Waals surface area contributed by atoms with Gasteiger partial charge in [0, 0.05) is 12.0 Å². The van der Waals surface area contributed by atoms with E-state index < -0.39 is 12.1 Å². The maximum atomic E-state index is 12.2. The molecule has 0 saturated carbocycles. The molecule has 3 nitrogen and oxygen atoms in total. The highest BCUT2D eigenvalue weighted by atomic mass is 32.1. The van der Waals surface area contributed by atoms with Crippen LogP contribution in [0.4, 0.5) is 0 Å². The highest BCUT2D eigenvalue weighted by Crippen LogP contribution is 2.42. The number of ether oxygens (including phenoxy) is 1. The molecule has 1 unspecified atom stereocenters. The van der Waals surface area contributed by atoms with E-state index in [1.54, 1.807) is 11.3 Å². The van der Waals surface area contributed by atoms with E-state index in [-0.39, 0.29) is 6.42 Å². The fourth-order valence-corrected chi connectivity index (χ4v) is 5.13. The summed E-state index contributed by atoms with van der Waals surface area (Å²) in [5, 5.41) is 14.2. The van der Waals surface area contributed by atoms with Gasteiger partial charge in [-0.05, 0) is 62.7 Å². The van der Waals surface area contributed by atoms with E-state index in [0.29, 0.717) is 12.2 Å². The summed E-state index contributed by atoms with van der Waals surface area (Å²) >= 11 is 1.62. The zero-order chi connectivity index (χ0) is 24.7. The van der Waals surface area contributed by atoms with Crippen LogP contribution in [0, 0.1) is 0 Å². The zero-order valence-electron chi connectivity index (χ0n) is 19.7. The van der Waals surface area contributed by atoms with Gasteiger partial charge in [-0.2, -0.15) is 11.3 Å². The van der Waals surface area contributed by atoms with Crippen LogP contribution in [0.3, 0.4) is 0 Å². The van der Waals surface area contributed by atoms with Gasteiger partial charge in [0.05, 0.1) is 0 Å². The van der Waals surface area contributed by atoms with E-state index in [0.717, 1.165) is 33.4 Å². The highest BCUT2D eigenvalue weighted by molar-refractivity contribution is 7.08. The number of thiophene rings is 1. The number of carbonyl (C=O) groups is 1. The van der Waals surface area contributed by atoms with Crippen LogP contribution in [0.25, 0.3) is 22.3 Å². The first-order chi connectivity index (χ1) is 17.7. The van der Waals surface area contributed by atoms with E-state index in [1.807, 2.05) is 78.2 Å². The number of carboxylic acid groups (broad SMARTS) is 1. The first kappa shape index (κ1) is 23.6. The molecule has 36 heavy (non-hydrogen) atoms. The Labute approximate surface area is 215 Å². The van der Waals surface area contributed by atoms with Gasteiger partial charge in [-0.15, -0.1) is 0 Å². The predicted octanol–water partition coefficient (Wildman–Crippen LogP) is 7.75. The number of benzene rings is 4. The average molecular weight is 491 g/mol. The molecule has 5 aromatic rings. The van der Waals surface area contributed by atoms with Crippen molar-refractivity contribution in [3.63, 3.8) is 0 Å². The Balaban J connectivity index is 1.65. The lowest BCUT2D eigenvalue weighted by molar-refractivity contribution is -0.145. The topological polar surface area (TPSA) is 46.5 Å². The lowest BCUT2D eigenvalue weighted by atomic mass is 9.88. The minimum absolute atomic E-state index is 0.285. The van der Waals surface area contributed by atoms with Gasteiger partial charge in [-0.3, -0.25) is 0 Å². The summed E-state index contributed by atoms with van der Waals surface area (Å²) < 4.78 is 6.31. The SMILES string of the molecule is O=C(O)C(Cc1ccccc1)Oc1ccc(-c2ccccc2)c(Cc2ccccc2)c1-c1ccsc1. The van der Waals surface area contributed by atoms with Crippen molar-refractivity contribution in [1.82, 2.24) is 0 Å². The van der Waals surface area contributed by atoms with E-state index in [9.17, 15) is 9.90 Å². The highest BCUT2D eigenvalue weighted by Gasteiger charge is 2.24. The van der Waals surface area contributed by atoms with Gasteiger partial charge in [-0.25, -0.2) is 4.79 Å². The molecule has 4 heteroatoms. The normalized spacial score (nSPS) is 11.7. The van der Waals surface area contributed by atoms with Gasteiger partial charge >= 0.3 is 5.97 Å². The van der Waals surface area contributed by atoms with Gasteiger partial charge < -0.3 is 9.84 Å². The predicted molar refractivity (Wildman–Crippen MR) is 147 cm³/mol. The van der Waals surface area contributed by atoms with Crippen molar-refractivity contribution >= 4 is 17.3 Å². The third kappa shape index (κ3) is 5.40. The molecule has 0 amide bonds. The summed E-state index contributed by atoms with van der Waals surface area (Å²) in [7, 11) is 0.